The smallest absolute Gasteiger partial charge is 0.161 e. The molecule has 0 aromatic heterocycles. The summed E-state index contributed by atoms with van der Waals surface area (Å²) in [6, 6.07) is 7.28. The van der Waals surface area contributed by atoms with Crippen molar-refractivity contribution < 1.29 is 14.3 Å². The molecule has 1 aromatic carbocycles. The van der Waals surface area contributed by atoms with E-state index in [1.165, 1.54) is 7.11 Å². The van der Waals surface area contributed by atoms with Gasteiger partial charge in [-0.15, -0.1) is 0 Å². The van der Waals surface area contributed by atoms with E-state index in [1.807, 2.05) is 6.92 Å². The second-order valence-corrected chi connectivity index (χ2v) is 4.90. The molecule has 100 valence electrons. The van der Waals surface area contributed by atoms with E-state index in [0.29, 0.717) is 23.0 Å². The molecule has 4 nitrogen and oxygen atoms in total. The van der Waals surface area contributed by atoms with Crippen molar-refractivity contribution in [2.45, 2.75) is 19.3 Å². The molecule has 4 heteroatoms. The van der Waals surface area contributed by atoms with Gasteiger partial charge in [0.25, 0.3) is 0 Å². The Balaban J connectivity index is 2.29. The molecule has 1 aliphatic carbocycles. The van der Waals surface area contributed by atoms with Crippen LogP contribution in [0.3, 0.4) is 0 Å². The summed E-state index contributed by atoms with van der Waals surface area (Å²) < 4.78 is 10.4. The molecule has 1 fully saturated rings. The molecule has 0 bridgehead atoms. The molecule has 3 unspecified atom stereocenters. The van der Waals surface area contributed by atoms with Gasteiger partial charge >= 0.3 is 0 Å². The average molecular weight is 259 g/mol. The van der Waals surface area contributed by atoms with Gasteiger partial charge in [0.2, 0.25) is 0 Å². The maximum absolute atomic E-state index is 12.2. The van der Waals surface area contributed by atoms with Gasteiger partial charge in [-0.25, -0.2) is 0 Å². The van der Waals surface area contributed by atoms with E-state index in [-0.39, 0.29) is 11.7 Å². The van der Waals surface area contributed by atoms with Gasteiger partial charge in [0.15, 0.2) is 17.3 Å². The lowest BCUT2D eigenvalue weighted by atomic mass is 9.92. The normalized spacial score (nSPS) is 22.2. The molecule has 19 heavy (non-hydrogen) atoms. The lowest BCUT2D eigenvalue weighted by Crippen LogP contribution is -2.13. The fraction of sp³-hybridized carbons (Fsp3) is 0.467. The van der Waals surface area contributed by atoms with Gasteiger partial charge < -0.3 is 9.47 Å². The monoisotopic (exact) mass is 259 g/mol. The van der Waals surface area contributed by atoms with Gasteiger partial charge in [0.05, 0.1) is 20.3 Å². The number of hydrogen-bond acceptors (Lipinski definition) is 4. The van der Waals surface area contributed by atoms with Crippen LogP contribution in [0.2, 0.25) is 0 Å². The molecule has 0 amide bonds. The summed E-state index contributed by atoms with van der Waals surface area (Å²) in [7, 11) is 3.09. The highest BCUT2D eigenvalue weighted by Crippen LogP contribution is 2.42. The van der Waals surface area contributed by atoms with Crippen LogP contribution in [0.4, 0.5) is 0 Å². The van der Waals surface area contributed by atoms with Crippen LogP contribution in [-0.4, -0.2) is 20.0 Å². The van der Waals surface area contributed by atoms with E-state index in [1.54, 1.807) is 25.3 Å². The second-order valence-electron chi connectivity index (χ2n) is 4.90. The molecular formula is C15H17NO3. The fourth-order valence-corrected chi connectivity index (χ4v) is 2.27. The number of Topliss-reactive ketones (excluding diaryl/α,β-unsaturated/α-hetero) is 1. The van der Waals surface area contributed by atoms with E-state index < -0.39 is 5.92 Å². The van der Waals surface area contributed by atoms with Crippen molar-refractivity contribution in [2.75, 3.05) is 14.2 Å². The first-order valence-corrected chi connectivity index (χ1v) is 6.27. The van der Waals surface area contributed by atoms with E-state index in [2.05, 4.69) is 6.07 Å². The van der Waals surface area contributed by atoms with Crippen molar-refractivity contribution in [1.29, 1.82) is 5.26 Å². The average Bonchev–Trinajstić information content (AvgIpc) is 3.16. The van der Waals surface area contributed by atoms with Crippen LogP contribution >= 0.6 is 0 Å². The van der Waals surface area contributed by atoms with Crippen LogP contribution in [0.15, 0.2) is 18.2 Å². The number of benzene rings is 1. The molecular weight excluding hydrogens is 242 g/mol. The van der Waals surface area contributed by atoms with Gasteiger partial charge in [-0.1, -0.05) is 13.0 Å². The highest BCUT2D eigenvalue weighted by molar-refractivity contribution is 5.92. The first kappa shape index (κ1) is 13.4. The predicted octanol–water partition coefficient (Wildman–Crippen LogP) is 2.54. The lowest BCUT2D eigenvalue weighted by Gasteiger charge is -2.12. The first-order valence-electron chi connectivity index (χ1n) is 6.27. The third kappa shape index (κ3) is 2.55. The van der Waals surface area contributed by atoms with Crippen molar-refractivity contribution in [2.24, 2.45) is 11.8 Å². The molecule has 1 aromatic rings. The molecule has 0 spiro atoms. The van der Waals surface area contributed by atoms with Crippen LogP contribution in [0, 0.1) is 23.2 Å². The fourth-order valence-electron chi connectivity index (χ4n) is 2.27. The molecule has 0 N–H and O–H groups in total. The Kier molecular flexibility index (Phi) is 3.75. The maximum Gasteiger partial charge on any atom is 0.161 e. The zero-order valence-corrected chi connectivity index (χ0v) is 11.3. The summed E-state index contributed by atoms with van der Waals surface area (Å²) in [6.07, 6.45) is 0.893. The first-order chi connectivity index (χ1) is 9.12. The van der Waals surface area contributed by atoms with Crippen molar-refractivity contribution in [3.05, 3.63) is 23.8 Å². The van der Waals surface area contributed by atoms with Crippen molar-refractivity contribution >= 4 is 5.78 Å². The predicted molar refractivity (Wildman–Crippen MR) is 70.2 cm³/mol. The van der Waals surface area contributed by atoms with E-state index in [9.17, 15) is 10.1 Å². The summed E-state index contributed by atoms with van der Waals surface area (Å²) in [4.78, 5) is 12.2. The van der Waals surface area contributed by atoms with E-state index >= 15 is 0 Å². The van der Waals surface area contributed by atoms with Crippen molar-refractivity contribution in [1.82, 2.24) is 0 Å². The molecule has 0 saturated heterocycles. The molecule has 0 aliphatic heterocycles. The number of ketones is 1. The summed E-state index contributed by atoms with van der Waals surface area (Å²) in [5, 5.41) is 9.26. The number of nitriles is 1. The molecule has 0 radical (unpaired) electrons. The minimum atomic E-state index is -0.713. The van der Waals surface area contributed by atoms with Gasteiger partial charge in [0.1, 0.15) is 5.92 Å². The third-order valence-corrected chi connectivity index (χ3v) is 3.63. The zero-order chi connectivity index (χ0) is 14.0. The standard InChI is InChI=1S/C15H17NO3/c1-9-6-11(9)15(17)12(8-16)10-4-5-13(18-2)14(7-10)19-3/h4-5,7,9,11-12H,6H2,1-3H3. The Bertz CT molecular complexity index is 533. The molecule has 2 rings (SSSR count). The van der Waals surface area contributed by atoms with Gasteiger partial charge in [-0.2, -0.15) is 5.26 Å². The van der Waals surface area contributed by atoms with Crippen molar-refractivity contribution in [3.8, 4) is 17.6 Å². The zero-order valence-electron chi connectivity index (χ0n) is 11.3. The van der Waals surface area contributed by atoms with Gasteiger partial charge in [0, 0.05) is 5.92 Å². The molecule has 1 saturated carbocycles. The topological polar surface area (TPSA) is 59.3 Å². The number of rotatable bonds is 5. The number of methoxy groups -OCH3 is 2. The Morgan fingerprint density at radius 3 is 2.47 bits per heavy atom. The Labute approximate surface area is 112 Å². The summed E-state index contributed by atoms with van der Waals surface area (Å²) >= 11 is 0. The Morgan fingerprint density at radius 1 is 1.37 bits per heavy atom. The largest absolute Gasteiger partial charge is 0.493 e. The number of nitrogens with zero attached hydrogens (tertiary/aromatic N) is 1. The van der Waals surface area contributed by atoms with Crippen molar-refractivity contribution in [3.63, 3.8) is 0 Å². The summed E-state index contributed by atoms with van der Waals surface area (Å²) in [5.41, 5.74) is 0.671. The maximum atomic E-state index is 12.2. The number of carbonyl (C=O) groups excluding carboxylic acids is 1. The van der Waals surface area contributed by atoms with Gasteiger partial charge in [-0.3, -0.25) is 4.79 Å². The van der Waals surface area contributed by atoms with Crippen LogP contribution in [0.25, 0.3) is 0 Å². The van der Waals surface area contributed by atoms with Crippen LogP contribution < -0.4 is 9.47 Å². The second kappa shape index (κ2) is 5.31. The Hall–Kier alpha value is -2.02. The number of ether oxygens (including phenoxy) is 2. The van der Waals surface area contributed by atoms with Crippen LogP contribution in [0.1, 0.15) is 24.8 Å². The van der Waals surface area contributed by atoms with E-state index in [4.69, 9.17) is 9.47 Å². The van der Waals surface area contributed by atoms with Crippen LogP contribution in [0.5, 0.6) is 11.5 Å². The minimum Gasteiger partial charge on any atom is -0.493 e. The quantitative estimate of drug-likeness (QED) is 0.815. The molecule has 3 atom stereocenters. The van der Waals surface area contributed by atoms with Crippen LogP contribution in [-0.2, 0) is 4.79 Å². The molecule has 0 heterocycles. The lowest BCUT2D eigenvalue weighted by molar-refractivity contribution is -0.120. The van der Waals surface area contributed by atoms with Gasteiger partial charge in [-0.05, 0) is 30.0 Å². The number of hydrogen-bond donors (Lipinski definition) is 0. The highest BCUT2D eigenvalue weighted by Gasteiger charge is 2.42. The minimum absolute atomic E-state index is 0.0159. The Morgan fingerprint density at radius 2 is 2.00 bits per heavy atom. The summed E-state index contributed by atoms with van der Waals surface area (Å²) in [5.74, 6) is 0.880. The summed E-state index contributed by atoms with van der Waals surface area (Å²) in [6.45, 7) is 2.03. The highest BCUT2D eigenvalue weighted by atomic mass is 16.5. The molecule has 1 aliphatic rings. The number of carbonyl (C=O) groups is 1. The SMILES string of the molecule is COc1ccc(C(C#N)C(=O)C2CC2C)cc1OC. The van der Waals surface area contributed by atoms with E-state index in [0.717, 1.165) is 6.42 Å². The third-order valence-electron chi connectivity index (χ3n) is 3.63.